The topological polar surface area (TPSA) is 48.5 Å². The van der Waals surface area contributed by atoms with Crippen LogP contribution in [0.3, 0.4) is 0 Å². The molecule has 24 heavy (non-hydrogen) atoms. The minimum Gasteiger partial charge on any atom is -0.324 e. The third kappa shape index (κ3) is 2.76. The van der Waals surface area contributed by atoms with Crippen molar-refractivity contribution in [2.45, 2.75) is 13.5 Å². The molecule has 4 rings (SSSR count). The van der Waals surface area contributed by atoms with Crippen LogP contribution in [0.4, 0.5) is 0 Å². The summed E-state index contributed by atoms with van der Waals surface area (Å²) in [6.45, 7) is 2.78. The van der Waals surface area contributed by atoms with Crippen LogP contribution >= 0.6 is 11.3 Å². The lowest BCUT2D eigenvalue weighted by Crippen LogP contribution is -2.01. The van der Waals surface area contributed by atoms with E-state index in [-0.39, 0.29) is 0 Å². The fourth-order valence-electron chi connectivity index (χ4n) is 2.74. The molecule has 0 saturated heterocycles. The molecule has 0 fully saturated rings. The van der Waals surface area contributed by atoms with E-state index in [1.54, 1.807) is 11.3 Å². The number of benzene rings is 1. The number of hydrogen-bond acceptors (Lipinski definition) is 4. The number of thiazole rings is 1. The van der Waals surface area contributed by atoms with E-state index in [1.165, 1.54) is 5.56 Å². The average molecular weight is 335 g/mol. The SMILES string of the molecule is Cc1nn(C)cc1Cn1ccnc1-c1nc(-c2ccccc2)cs1. The van der Waals surface area contributed by atoms with Gasteiger partial charge in [-0.2, -0.15) is 5.10 Å². The van der Waals surface area contributed by atoms with Crippen molar-refractivity contribution in [2.75, 3.05) is 0 Å². The van der Waals surface area contributed by atoms with E-state index in [0.29, 0.717) is 0 Å². The molecule has 6 heteroatoms. The van der Waals surface area contributed by atoms with Crippen molar-refractivity contribution >= 4 is 11.3 Å². The molecule has 0 aliphatic heterocycles. The van der Waals surface area contributed by atoms with Crippen LogP contribution in [0.5, 0.6) is 0 Å². The molecule has 0 atom stereocenters. The van der Waals surface area contributed by atoms with Gasteiger partial charge in [0, 0.05) is 42.1 Å². The Labute approximate surface area is 144 Å². The second-order valence-corrected chi connectivity index (χ2v) is 6.55. The predicted molar refractivity (Wildman–Crippen MR) is 95.8 cm³/mol. The quantitative estimate of drug-likeness (QED) is 0.570. The van der Waals surface area contributed by atoms with Gasteiger partial charge in [0.25, 0.3) is 0 Å². The lowest BCUT2D eigenvalue weighted by atomic mass is 10.2. The fourth-order valence-corrected chi connectivity index (χ4v) is 3.58. The Kier molecular flexibility index (Phi) is 3.74. The average Bonchev–Trinajstić information content (AvgIpc) is 3.29. The van der Waals surface area contributed by atoms with E-state index in [1.807, 2.05) is 49.2 Å². The van der Waals surface area contributed by atoms with E-state index in [0.717, 1.165) is 34.3 Å². The van der Waals surface area contributed by atoms with Crippen molar-refractivity contribution in [3.63, 3.8) is 0 Å². The summed E-state index contributed by atoms with van der Waals surface area (Å²) < 4.78 is 3.97. The second kappa shape index (κ2) is 6.05. The molecule has 1 aromatic carbocycles. The monoisotopic (exact) mass is 335 g/mol. The van der Waals surface area contributed by atoms with Crippen molar-refractivity contribution in [1.29, 1.82) is 0 Å². The van der Waals surface area contributed by atoms with Crippen molar-refractivity contribution in [3.8, 4) is 22.1 Å². The summed E-state index contributed by atoms with van der Waals surface area (Å²) in [5, 5.41) is 7.42. The third-order valence-corrected chi connectivity index (χ3v) is 4.77. The highest BCUT2D eigenvalue weighted by Crippen LogP contribution is 2.28. The molecular weight excluding hydrogens is 318 g/mol. The zero-order valence-electron chi connectivity index (χ0n) is 13.5. The Morgan fingerprint density at radius 1 is 1.17 bits per heavy atom. The largest absolute Gasteiger partial charge is 0.324 e. The summed E-state index contributed by atoms with van der Waals surface area (Å²) in [5.41, 5.74) is 4.35. The highest BCUT2D eigenvalue weighted by atomic mass is 32.1. The molecule has 120 valence electrons. The van der Waals surface area contributed by atoms with Gasteiger partial charge in [-0.15, -0.1) is 11.3 Å². The van der Waals surface area contributed by atoms with Crippen molar-refractivity contribution in [2.24, 2.45) is 7.05 Å². The molecule has 0 amide bonds. The van der Waals surface area contributed by atoms with Crippen LogP contribution in [0.2, 0.25) is 0 Å². The summed E-state index contributed by atoms with van der Waals surface area (Å²) in [7, 11) is 1.94. The molecule has 3 heterocycles. The first-order valence-electron chi connectivity index (χ1n) is 7.72. The summed E-state index contributed by atoms with van der Waals surface area (Å²) in [6.07, 6.45) is 5.87. The van der Waals surface area contributed by atoms with Crippen molar-refractivity contribution in [1.82, 2.24) is 24.3 Å². The van der Waals surface area contributed by atoms with E-state index >= 15 is 0 Å². The van der Waals surface area contributed by atoms with Crippen LogP contribution in [0, 0.1) is 6.92 Å². The first-order chi connectivity index (χ1) is 11.7. The number of hydrogen-bond donors (Lipinski definition) is 0. The molecule has 3 aromatic heterocycles. The van der Waals surface area contributed by atoms with Gasteiger partial charge in [-0.3, -0.25) is 4.68 Å². The highest BCUT2D eigenvalue weighted by Gasteiger charge is 2.13. The lowest BCUT2D eigenvalue weighted by molar-refractivity contribution is 0.755. The van der Waals surface area contributed by atoms with E-state index < -0.39 is 0 Å². The van der Waals surface area contributed by atoms with Crippen LogP contribution in [-0.2, 0) is 13.6 Å². The third-order valence-electron chi connectivity index (χ3n) is 3.94. The molecular formula is C18H17N5S. The molecule has 0 radical (unpaired) electrons. The maximum absolute atomic E-state index is 4.77. The summed E-state index contributed by atoms with van der Waals surface area (Å²) in [5.74, 6) is 0.894. The first kappa shape index (κ1) is 14.8. The Morgan fingerprint density at radius 2 is 2.00 bits per heavy atom. The molecule has 0 bridgehead atoms. The van der Waals surface area contributed by atoms with E-state index in [2.05, 4.69) is 38.4 Å². The van der Waals surface area contributed by atoms with Crippen LogP contribution in [0.1, 0.15) is 11.3 Å². The molecule has 4 aromatic rings. The smallest absolute Gasteiger partial charge is 0.169 e. The highest BCUT2D eigenvalue weighted by molar-refractivity contribution is 7.13. The molecule has 5 nitrogen and oxygen atoms in total. The van der Waals surface area contributed by atoms with Gasteiger partial charge in [-0.25, -0.2) is 9.97 Å². The summed E-state index contributed by atoms with van der Waals surface area (Å²) in [6, 6.07) is 10.2. The Balaban J connectivity index is 1.65. The fraction of sp³-hybridized carbons (Fsp3) is 0.167. The number of nitrogens with zero attached hydrogens (tertiary/aromatic N) is 5. The zero-order valence-corrected chi connectivity index (χ0v) is 14.4. The van der Waals surface area contributed by atoms with Gasteiger partial charge in [0.15, 0.2) is 10.8 Å². The van der Waals surface area contributed by atoms with Gasteiger partial charge >= 0.3 is 0 Å². The Morgan fingerprint density at radius 3 is 2.75 bits per heavy atom. The van der Waals surface area contributed by atoms with Crippen LogP contribution in [0.25, 0.3) is 22.1 Å². The van der Waals surface area contributed by atoms with Gasteiger partial charge in [0.05, 0.1) is 17.9 Å². The van der Waals surface area contributed by atoms with Crippen LogP contribution in [-0.4, -0.2) is 24.3 Å². The van der Waals surface area contributed by atoms with Gasteiger partial charge in [-0.1, -0.05) is 30.3 Å². The van der Waals surface area contributed by atoms with Gasteiger partial charge < -0.3 is 4.57 Å². The summed E-state index contributed by atoms with van der Waals surface area (Å²) >= 11 is 1.62. The minimum atomic E-state index is 0.745. The van der Waals surface area contributed by atoms with Crippen LogP contribution < -0.4 is 0 Å². The number of aryl methyl sites for hydroxylation is 2. The van der Waals surface area contributed by atoms with E-state index in [4.69, 9.17) is 4.98 Å². The zero-order chi connectivity index (χ0) is 16.5. The molecule has 0 saturated carbocycles. The maximum atomic E-state index is 4.77. The first-order valence-corrected chi connectivity index (χ1v) is 8.60. The summed E-state index contributed by atoms with van der Waals surface area (Å²) in [4.78, 5) is 9.28. The van der Waals surface area contributed by atoms with Crippen molar-refractivity contribution < 1.29 is 0 Å². The predicted octanol–water partition coefficient (Wildman–Crippen LogP) is 3.76. The maximum Gasteiger partial charge on any atom is 0.169 e. The van der Waals surface area contributed by atoms with Crippen molar-refractivity contribution in [3.05, 3.63) is 65.6 Å². The standard InChI is InChI=1S/C18H17N5S/c1-13-15(10-22(2)21-13)11-23-9-8-19-17(23)18-20-16(12-24-18)14-6-4-3-5-7-14/h3-10,12H,11H2,1-2H3. The van der Waals surface area contributed by atoms with E-state index in [9.17, 15) is 0 Å². The van der Waals surface area contributed by atoms with Crippen LogP contribution in [0.15, 0.2) is 54.3 Å². The van der Waals surface area contributed by atoms with Gasteiger partial charge in [0.2, 0.25) is 0 Å². The number of aromatic nitrogens is 5. The Bertz CT molecular complexity index is 964. The molecule has 0 aliphatic carbocycles. The minimum absolute atomic E-state index is 0.745. The molecule has 0 N–H and O–H groups in total. The normalized spacial score (nSPS) is 11.1. The molecule has 0 unspecified atom stereocenters. The number of rotatable bonds is 4. The number of imidazole rings is 1. The lowest BCUT2D eigenvalue weighted by Gasteiger charge is -2.05. The van der Waals surface area contributed by atoms with Gasteiger partial charge in [0.1, 0.15) is 0 Å². The second-order valence-electron chi connectivity index (χ2n) is 5.70. The van der Waals surface area contributed by atoms with Gasteiger partial charge in [-0.05, 0) is 6.92 Å². The molecule has 0 spiro atoms. The molecule has 0 aliphatic rings. The Hall–Kier alpha value is -2.73.